The standard InChI is InChI=1S/C15H28N2O4/c1-6-20-13(18)12-8-7-11(9-10(12)2)16-17-14(19)21-15(3,4)5/h10-12,16H,6-9H2,1-5H3,(H,17,19)/t10-,11+,12-/m0/s1. The van der Waals surface area contributed by atoms with Gasteiger partial charge in [0.2, 0.25) is 0 Å². The topological polar surface area (TPSA) is 76.7 Å². The van der Waals surface area contributed by atoms with Crippen LogP contribution < -0.4 is 10.9 Å². The Morgan fingerprint density at radius 2 is 1.90 bits per heavy atom. The lowest BCUT2D eigenvalue weighted by Gasteiger charge is -2.33. The van der Waals surface area contributed by atoms with Gasteiger partial charge in [0.15, 0.2) is 0 Å². The first kappa shape index (κ1) is 17.8. The van der Waals surface area contributed by atoms with E-state index in [1.54, 1.807) is 0 Å². The Kier molecular flexibility index (Phi) is 6.45. The quantitative estimate of drug-likeness (QED) is 0.616. The van der Waals surface area contributed by atoms with Gasteiger partial charge in [-0.1, -0.05) is 6.92 Å². The summed E-state index contributed by atoms with van der Waals surface area (Å²) in [6.45, 7) is 9.74. The van der Waals surface area contributed by atoms with Crippen molar-refractivity contribution in [2.45, 2.75) is 65.5 Å². The monoisotopic (exact) mass is 300 g/mol. The third-order valence-corrected chi connectivity index (χ3v) is 3.54. The maximum atomic E-state index is 11.8. The van der Waals surface area contributed by atoms with Gasteiger partial charge in [0.25, 0.3) is 0 Å². The van der Waals surface area contributed by atoms with Crippen molar-refractivity contribution in [3.8, 4) is 0 Å². The highest BCUT2D eigenvalue weighted by atomic mass is 16.6. The summed E-state index contributed by atoms with van der Waals surface area (Å²) in [4.78, 5) is 23.4. The molecule has 1 rings (SSSR count). The molecule has 1 aliphatic carbocycles. The van der Waals surface area contributed by atoms with E-state index in [2.05, 4.69) is 10.9 Å². The van der Waals surface area contributed by atoms with Crippen molar-refractivity contribution >= 4 is 12.1 Å². The van der Waals surface area contributed by atoms with Crippen LogP contribution in [0, 0.1) is 11.8 Å². The summed E-state index contributed by atoms with van der Waals surface area (Å²) >= 11 is 0. The fourth-order valence-corrected chi connectivity index (χ4v) is 2.59. The van der Waals surface area contributed by atoms with Crippen LogP contribution in [0.25, 0.3) is 0 Å². The van der Waals surface area contributed by atoms with E-state index < -0.39 is 11.7 Å². The summed E-state index contributed by atoms with van der Waals surface area (Å²) in [5, 5.41) is 0. The molecule has 0 unspecified atom stereocenters. The van der Waals surface area contributed by atoms with Gasteiger partial charge in [-0.25, -0.2) is 10.2 Å². The molecule has 6 nitrogen and oxygen atoms in total. The van der Waals surface area contributed by atoms with Crippen LogP contribution in [0.1, 0.15) is 53.9 Å². The zero-order valence-electron chi connectivity index (χ0n) is 13.7. The molecular weight excluding hydrogens is 272 g/mol. The van der Waals surface area contributed by atoms with E-state index in [9.17, 15) is 9.59 Å². The second kappa shape index (κ2) is 7.64. The van der Waals surface area contributed by atoms with E-state index in [1.807, 2.05) is 34.6 Å². The van der Waals surface area contributed by atoms with Crippen LogP contribution in [0.3, 0.4) is 0 Å². The van der Waals surface area contributed by atoms with E-state index in [1.165, 1.54) is 0 Å². The summed E-state index contributed by atoms with van der Waals surface area (Å²) in [5.74, 6) is 0.0869. The minimum atomic E-state index is -0.513. The summed E-state index contributed by atoms with van der Waals surface area (Å²) < 4.78 is 10.3. The van der Waals surface area contributed by atoms with Crippen molar-refractivity contribution < 1.29 is 19.1 Å². The summed E-state index contributed by atoms with van der Waals surface area (Å²) in [6, 6.07) is 0.151. The maximum absolute atomic E-state index is 11.8. The number of hydrazine groups is 1. The Hall–Kier alpha value is -1.30. The number of carbonyl (C=O) groups excluding carboxylic acids is 2. The van der Waals surface area contributed by atoms with E-state index in [0.29, 0.717) is 6.61 Å². The van der Waals surface area contributed by atoms with Crippen LogP contribution in [0.2, 0.25) is 0 Å². The zero-order valence-corrected chi connectivity index (χ0v) is 13.7. The molecule has 1 saturated carbocycles. The van der Waals surface area contributed by atoms with Gasteiger partial charge in [-0.05, 0) is 52.9 Å². The molecule has 1 fully saturated rings. The Morgan fingerprint density at radius 3 is 2.43 bits per heavy atom. The third kappa shape index (κ3) is 6.33. The molecule has 0 spiro atoms. The molecule has 0 aromatic carbocycles. The number of carbonyl (C=O) groups is 2. The van der Waals surface area contributed by atoms with Crippen LogP contribution in [0.5, 0.6) is 0 Å². The van der Waals surface area contributed by atoms with E-state index in [0.717, 1.165) is 19.3 Å². The Morgan fingerprint density at radius 1 is 1.24 bits per heavy atom. The SMILES string of the molecule is CCOC(=O)[C@H]1CC[C@@H](NNC(=O)OC(C)(C)C)C[C@@H]1C. The van der Waals surface area contributed by atoms with Gasteiger partial charge in [-0.3, -0.25) is 10.2 Å². The van der Waals surface area contributed by atoms with Gasteiger partial charge < -0.3 is 9.47 Å². The van der Waals surface area contributed by atoms with Crippen molar-refractivity contribution in [3.05, 3.63) is 0 Å². The van der Waals surface area contributed by atoms with Gasteiger partial charge in [0.1, 0.15) is 5.60 Å². The molecule has 1 aliphatic rings. The second-order valence-corrected chi connectivity index (χ2v) is 6.62. The van der Waals surface area contributed by atoms with Gasteiger partial charge in [0.05, 0.1) is 12.5 Å². The largest absolute Gasteiger partial charge is 0.466 e. The van der Waals surface area contributed by atoms with E-state index in [4.69, 9.17) is 9.47 Å². The van der Waals surface area contributed by atoms with Crippen LogP contribution >= 0.6 is 0 Å². The predicted octanol–water partition coefficient (Wildman–Crippen LogP) is 2.38. The number of ether oxygens (including phenoxy) is 2. The van der Waals surface area contributed by atoms with Crippen LogP contribution in [-0.4, -0.2) is 30.3 Å². The molecule has 0 aromatic rings. The average Bonchev–Trinajstić information content (AvgIpc) is 2.34. The van der Waals surface area contributed by atoms with Crippen molar-refractivity contribution in [1.82, 2.24) is 10.9 Å². The van der Waals surface area contributed by atoms with Gasteiger partial charge in [-0.2, -0.15) is 0 Å². The number of hydrogen-bond acceptors (Lipinski definition) is 5. The Bertz CT molecular complexity index is 365. The van der Waals surface area contributed by atoms with Crippen molar-refractivity contribution in [1.29, 1.82) is 0 Å². The molecule has 0 aromatic heterocycles. The number of rotatable bonds is 4. The fourth-order valence-electron chi connectivity index (χ4n) is 2.59. The van der Waals surface area contributed by atoms with Crippen LogP contribution in [0.4, 0.5) is 4.79 Å². The molecule has 1 amide bonds. The molecule has 6 heteroatoms. The number of esters is 1. The molecule has 0 saturated heterocycles. The summed E-state index contributed by atoms with van der Waals surface area (Å²) in [5.41, 5.74) is 5.05. The molecule has 122 valence electrons. The molecule has 0 heterocycles. The van der Waals surface area contributed by atoms with E-state index in [-0.39, 0.29) is 23.8 Å². The number of hydrogen-bond donors (Lipinski definition) is 2. The molecule has 3 atom stereocenters. The predicted molar refractivity (Wildman–Crippen MR) is 79.4 cm³/mol. The summed E-state index contributed by atoms with van der Waals surface area (Å²) in [7, 11) is 0. The lowest BCUT2D eigenvalue weighted by Crippen LogP contribution is -2.49. The Labute approximate surface area is 126 Å². The second-order valence-electron chi connectivity index (χ2n) is 6.62. The minimum absolute atomic E-state index is 0.0375. The number of nitrogens with one attached hydrogen (secondary N) is 2. The van der Waals surface area contributed by atoms with Crippen molar-refractivity contribution in [2.24, 2.45) is 11.8 Å². The lowest BCUT2D eigenvalue weighted by atomic mass is 9.78. The normalized spacial score (nSPS) is 26.0. The Balaban J connectivity index is 2.35. The zero-order chi connectivity index (χ0) is 16.0. The lowest BCUT2D eigenvalue weighted by molar-refractivity contribution is -0.151. The third-order valence-electron chi connectivity index (χ3n) is 3.54. The molecule has 2 N–H and O–H groups in total. The van der Waals surface area contributed by atoms with Crippen molar-refractivity contribution in [3.63, 3.8) is 0 Å². The number of amides is 1. The molecule has 21 heavy (non-hydrogen) atoms. The molecule has 0 radical (unpaired) electrons. The highest BCUT2D eigenvalue weighted by Crippen LogP contribution is 2.30. The highest BCUT2D eigenvalue weighted by Gasteiger charge is 2.33. The molecule has 0 aliphatic heterocycles. The minimum Gasteiger partial charge on any atom is -0.466 e. The first-order valence-electron chi connectivity index (χ1n) is 7.64. The van der Waals surface area contributed by atoms with Crippen LogP contribution in [0.15, 0.2) is 0 Å². The fraction of sp³-hybridized carbons (Fsp3) is 0.867. The van der Waals surface area contributed by atoms with Gasteiger partial charge in [-0.15, -0.1) is 0 Å². The maximum Gasteiger partial charge on any atom is 0.422 e. The highest BCUT2D eigenvalue weighted by molar-refractivity contribution is 5.72. The molecule has 0 bridgehead atoms. The van der Waals surface area contributed by atoms with E-state index >= 15 is 0 Å². The van der Waals surface area contributed by atoms with Crippen LogP contribution in [-0.2, 0) is 14.3 Å². The van der Waals surface area contributed by atoms with Gasteiger partial charge in [0, 0.05) is 6.04 Å². The smallest absolute Gasteiger partial charge is 0.422 e. The first-order chi connectivity index (χ1) is 9.73. The molecular formula is C15H28N2O4. The first-order valence-corrected chi connectivity index (χ1v) is 7.64. The van der Waals surface area contributed by atoms with Crippen molar-refractivity contribution in [2.75, 3.05) is 6.61 Å². The van der Waals surface area contributed by atoms with Gasteiger partial charge >= 0.3 is 12.1 Å². The average molecular weight is 300 g/mol. The summed E-state index contributed by atoms with van der Waals surface area (Å²) in [6.07, 6.45) is 1.93.